The fourth-order valence-corrected chi connectivity index (χ4v) is 1.81. The van der Waals surface area contributed by atoms with Crippen molar-refractivity contribution in [3.05, 3.63) is 72.3 Å². The van der Waals surface area contributed by atoms with Crippen LogP contribution in [0.15, 0.2) is 66.7 Å². The lowest BCUT2D eigenvalue weighted by Gasteiger charge is -2.05. The summed E-state index contributed by atoms with van der Waals surface area (Å²) in [4.78, 5) is 10.8. The molecule has 18 heavy (non-hydrogen) atoms. The van der Waals surface area contributed by atoms with E-state index in [1.165, 1.54) is 0 Å². The molecule has 0 aromatic heterocycles. The zero-order chi connectivity index (χ0) is 13.0. The highest BCUT2D eigenvalue weighted by Gasteiger charge is 2.06. The van der Waals surface area contributed by atoms with E-state index in [4.69, 9.17) is 5.11 Å². The van der Waals surface area contributed by atoms with Crippen LogP contribution in [0.4, 0.5) is 0 Å². The van der Waals surface area contributed by atoms with Crippen molar-refractivity contribution in [1.29, 1.82) is 0 Å². The van der Waals surface area contributed by atoms with Gasteiger partial charge in [0.15, 0.2) is 0 Å². The van der Waals surface area contributed by atoms with Crippen LogP contribution in [0, 0.1) is 0 Å². The first kappa shape index (κ1) is 12.1. The first-order chi connectivity index (χ1) is 8.66. The van der Waals surface area contributed by atoms with Gasteiger partial charge in [0.2, 0.25) is 0 Å². The standard InChI is InChI=1S/C16H14O2/c1-12(16(17)18)10-13-6-5-9-15(11-13)14-7-3-2-4-8-14/h2-9,11H,1,10H2,(H,17,18). The molecule has 90 valence electrons. The van der Waals surface area contributed by atoms with Gasteiger partial charge < -0.3 is 5.11 Å². The molecule has 0 fully saturated rings. The average molecular weight is 238 g/mol. The highest BCUT2D eigenvalue weighted by molar-refractivity contribution is 5.86. The third-order valence-electron chi connectivity index (χ3n) is 2.75. The fourth-order valence-electron chi connectivity index (χ4n) is 1.81. The Labute approximate surface area is 106 Å². The van der Waals surface area contributed by atoms with E-state index in [0.717, 1.165) is 16.7 Å². The lowest BCUT2D eigenvalue weighted by atomic mass is 10.00. The van der Waals surface area contributed by atoms with Gasteiger partial charge in [0, 0.05) is 12.0 Å². The highest BCUT2D eigenvalue weighted by atomic mass is 16.4. The second kappa shape index (κ2) is 5.32. The van der Waals surface area contributed by atoms with Gasteiger partial charge in [-0.1, -0.05) is 61.2 Å². The number of carboxylic acid groups (broad SMARTS) is 1. The maximum absolute atomic E-state index is 10.8. The molecule has 2 aromatic rings. The van der Waals surface area contributed by atoms with E-state index in [0.29, 0.717) is 6.42 Å². The van der Waals surface area contributed by atoms with Crippen LogP contribution in [0.1, 0.15) is 5.56 Å². The third kappa shape index (κ3) is 2.86. The number of rotatable bonds is 4. The summed E-state index contributed by atoms with van der Waals surface area (Å²) in [7, 11) is 0. The smallest absolute Gasteiger partial charge is 0.331 e. The molecule has 0 amide bonds. The Morgan fingerprint density at radius 1 is 1.00 bits per heavy atom. The van der Waals surface area contributed by atoms with E-state index >= 15 is 0 Å². The molecule has 2 heteroatoms. The summed E-state index contributed by atoms with van der Waals surface area (Å²) < 4.78 is 0. The molecule has 0 saturated carbocycles. The molecule has 0 bridgehead atoms. The minimum Gasteiger partial charge on any atom is -0.478 e. The van der Waals surface area contributed by atoms with Crippen molar-refractivity contribution in [2.24, 2.45) is 0 Å². The molecule has 0 atom stereocenters. The second-order valence-electron chi connectivity index (χ2n) is 4.15. The zero-order valence-electron chi connectivity index (χ0n) is 9.97. The van der Waals surface area contributed by atoms with Crippen molar-refractivity contribution in [2.75, 3.05) is 0 Å². The Bertz CT molecular complexity index is 571. The Morgan fingerprint density at radius 3 is 2.33 bits per heavy atom. The predicted molar refractivity (Wildman–Crippen MR) is 72.4 cm³/mol. The number of hydrogen-bond acceptors (Lipinski definition) is 1. The van der Waals surface area contributed by atoms with E-state index in [9.17, 15) is 4.79 Å². The van der Waals surface area contributed by atoms with Crippen LogP contribution >= 0.6 is 0 Å². The van der Waals surface area contributed by atoms with E-state index in [1.807, 2.05) is 54.6 Å². The third-order valence-corrected chi connectivity index (χ3v) is 2.75. The van der Waals surface area contributed by atoms with Gasteiger partial charge in [-0.3, -0.25) is 0 Å². The Kier molecular flexibility index (Phi) is 3.58. The molecule has 2 nitrogen and oxygen atoms in total. The quantitative estimate of drug-likeness (QED) is 0.827. The number of carbonyl (C=O) groups is 1. The van der Waals surface area contributed by atoms with Gasteiger partial charge in [0.05, 0.1) is 0 Å². The summed E-state index contributed by atoms with van der Waals surface area (Å²) in [5, 5.41) is 8.83. The van der Waals surface area contributed by atoms with Gasteiger partial charge in [-0.2, -0.15) is 0 Å². The number of benzene rings is 2. The topological polar surface area (TPSA) is 37.3 Å². The molecular weight excluding hydrogens is 224 g/mol. The Morgan fingerprint density at radius 2 is 1.67 bits per heavy atom. The summed E-state index contributed by atoms with van der Waals surface area (Å²) in [5.74, 6) is -0.944. The van der Waals surface area contributed by atoms with E-state index in [2.05, 4.69) is 6.58 Å². The van der Waals surface area contributed by atoms with Gasteiger partial charge in [-0.15, -0.1) is 0 Å². The van der Waals surface area contributed by atoms with Crippen molar-refractivity contribution in [2.45, 2.75) is 6.42 Å². The average Bonchev–Trinajstić information content (AvgIpc) is 2.40. The number of carboxylic acids is 1. The normalized spacial score (nSPS) is 10.0. The zero-order valence-corrected chi connectivity index (χ0v) is 9.97. The maximum Gasteiger partial charge on any atom is 0.331 e. The predicted octanol–water partition coefficient (Wildman–Crippen LogP) is 3.54. The molecule has 0 aliphatic rings. The maximum atomic E-state index is 10.8. The summed E-state index contributed by atoms with van der Waals surface area (Å²) >= 11 is 0. The van der Waals surface area contributed by atoms with Crippen molar-refractivity contribution < 1.29 is 9.90 Å². The van der Waals surface area contributed by atoms with E-state index in [1.54, 1.807) is 0 Å². The van der Waals surface area contributed by atoms with Crippen LogP contribution in [-0.2, 0) is 11.2 Å². The fraction of sp³-hybridized carbons (Fsp3) is 0.0625. The highest BCUT2D eigenvalue weighted by Crippen LogP contribution is 2.21. The summed E-state index contributed by atoms with van der Waals surface area (Å²) in [5.41, 5.74) is 3.38. The van der Waals surface area contributed by atoms with Crippen molar-refractivity contribution in [1.82, 2.24) is 0 Å². The summed E-state index contributed by atoms with van der Waals surface area (Å²) in [6.07, 6.45) is 0.371. The van der Waals surface area contributed by atoms with Crippen LogP contribution < -0.4 is 0 Å². The minimum atomic E-state index is -0.944. The van der Waals surface area contributed by atoms with Crippen LogP contribution in [0.25, 0.3) is 11.1 Å². The van der Waals surface area contributed by atoms with E-state index in [-0.39, 0.29) is 5.57 Å². The van der Waals surface area contributed by atoms with Gasteiger partial charge in [0.1, 0.15) is 0 Å². The first-order valence-electron chi connectivity index (χ1n) is 5.72. The van der Waals surface area contributed by atoms with Crippen molar-refractivity contribution in [3.63, 3.8) is 0 Å². The molecule has 0 radical (unpaired) electrons. The molecule has 0 spiro atoms. The lowest BCUT2D eigenvalue weighted by Crippen LogP contribution is -2.02. The van der Waals surface area contributed by atoms with Gasteiger partial charge >= 0.3 is 5.97 Å². The van der Waals surface area contributed by atoms with Crippen molar-refractivity contribution in [3.8, 4) is 11.1 Å². The molecule has 0 aliphatic heterocycles. The summed E-state index contributed by atoms with van der Waals surface area (Å²) in [6.45, 7) is 3.55. The number of hydrogen-bond donors (Lipinski definition) is 1. The molecule has 0 aliphatic carbocycles. The minimum absolute atomic E-state index is 0.209. The molecule has 1 N–H and O–H groups in total. The summed E-state index contributed by atoms with van der Waals surface area (Å²) in [6, 6.07) is 17.9. The Hall–Kier alpha value is -2.35. The van der Waals surface area contributed by atoms with E-state index < -0.39 is 5.97 Å². The molecule has 2 aromatic carbocycles. The largest absolute Gasteiger partial charge is 0.478 e. The van der Waals surface area contributed by atoms with Crippen LogP contribution in [0.3, 0.4) is 0 Å². The SMILES string of the molecule is C=C(Cc1cccc(-c2ccccc2)c1)C(=O)O. The first-order valence-corrected chi connectivity index (χ1v) is 5.72. The van der Waals surface area contributed by atoms with Gasteiger partial charge in [0.25, 0.3) is 0 Å². The monoisotopic (exact) mass is 238 g/mol. The molecule has 2 rings (SSSR count). The molecule has 0 saturated heterocycles. The van der Waals surface area contributed by atoms with Crippen LogP contribution in [0.5, 0.6) is 0 Å². The molecule has 0 heterocycles. The van der Waals surface area contributed by atoms with Gasteiger partial charge in [-0.25, -0.2) is 4.79 Å². The Balaban J connectivity index is 2.26. The lowest BCUT2D eigenvalue weighted by molar-refractivity contribution is -0.132. The van der Waals surface area contributed by atoms with Crippen molar-refractivity contribution >= 4 is 5.97 Å². The van der Waals surface area contributed by atoms with Crippen LogP contribution in [-0.4, -0.2) is 11.1 Å². The second-order valence-corrected chi connectivity index (χ2v) is 4.15. The van der Waals surface area contributed by atoms with Gasteiger partial charge in [-0.05, 0) is 16.7 Å². The number of aliphatic carboxylic acids is 1. The van der Waals surface area contributed by atoms with Crippen LogP contribution in [0.2, 0.25) is 0 Å². The molecular formula is C16H14O2. The molecule has 0 unspecified atom stereocenters.